The molecule has 0 radical (unpaired) electrons. The molecule has 0 bridgehead atoms. The molecule has 2 amide bonds. The Bertz CT molecular complexity index is 528. The predicted octanol–water partition coefficient (Wildman–Crippen LogP) is 1.31. The molecule has 20 heavy (non-hydrogen) atoms. The maximum atomic E-state index is 11.9. The summed E-state index contributed by atoms with van der Waals surface area (Å²) >= 11 is 5.74. The van der Waals surface area contributed by atoms with Crippen LogP contribution < -0.4 is 10.6 Å². The first-order valence-electron chi connectivity index (χ1n) is 6.39. The van der Waals surface area contributed by atoms with Gasteiger partial charge in [-0.2, -0.15) is 0 Å². The van der Waals surface area contributed by atoms with Gasteiger partial charge >= 0.3 is 0 Å². The van der Waals surface area contributed by atoms with Gasteiger partial charge in [0.2, 0.25) is 11.8 Å². The zero-order valence-electron chi connectivity index (χ0n) is 10.8. The van der Waals surface area contributed by atoms with Gasteiger partial charge in [-0.05, 0) is 24.3 Å². The van der Waals surface area contributed by atoms with E-state index in [1.807, 2.05) is 0 Å². The SMILES string of the molecule is O=C1C[C@H](NC(=O)CCC(=O)c2ccc(Cl)cc2)CN1. The van der Waals surface area contributed by atoms with Crippen molar-refractivity contribution >= 4 is 29.2 Å². The molecule has 1 aromatic rings. The molecule has 0 saturated carbocycles. The zero-order chi connectivity index (χ0) is 14.5. The molecule has 1 atom stereocenters. The van der Waals surface area contributed by atoms with Crippen LogP contribution in [0.4, 0.5) is 0 Å². The van der Waals surface area contributed by atoms with Gasteiger partial charge < -0.3 is 10.6 Å². The first-order chi connectivity index (χ1) is 9.54. The Labute approximate surface area is 121 Å². The van der Waals surface area contributed by atoms with Gasteiger partial charge in [0.25, 0.3) is 0 Å². The number of carbonyl (C=O) groups is 3. The lowest BCUT2D eigenvalue weighted by atomic mass is 10.1. The molecule has 1 saturated heterocycles. The van der Waals surface area contributed by atoms with E-state index in [0.29, 0.717) is 23.6 Å². The lowest BCUT2D eigenvalue weighted by Crippen LogP contribution is -2.36. The maximum absolute atomic E-state index is 11.9. The highest BCUT2D eigenvalue weighted by atomic mass is 35.5. The van der Waals surface area contributed by atoms with Crippen LogP contribution in [0.25, 0.3) is 0 Å². The Morgan fingerprint density at radius 1 is 1.25 bits per heavy atom. The van der Waals surface area contributed by atoms with Crippen molar-refractivity contribution in [2.45, 2.75) is 25.3 Å². The van der Waals surface area contributed by atoms with E-state index in [1.54, 1.807) is 24.3 Å². The fourth-order valence-corrected chi connectivity index (χ4v) is 2.14. The van der Waals surface area contributed by atoms with Crippen LogP contribution in [0, 0.1) is 0 Å². The molecule has 1 aromatic carbocycles. The zero-order valence-corrected chi connectivity index (χ0v) is 11.6. The number of halogens is 1. The Balaban J connectivity index is 1.76. The Hall–Kier alpha value is -1.88. The van der Waals surface area contributed by atoms with E-state index >= 15 is 0 Å². The molecule has 0 aromatic heterocycles. The first kappa shape index (κ1) is 14.5. The van der Waals surface area contributed by atoms with Gasteiger partial charge in [0.15, 0.2) is 5.78 Å². The number of hydrogen-bond donors (Lipinski definition) is 2. The Kier molecular flexibility index (Phi) is 4.74. The minimum absolute atomic E-state index is 0.0625. The van der Waals surface area contributed by atoms with Crippen LogP contribution >= 0.6 is 11.6 Å². The maximum Gasteiger partial charge on any atom is 0.222 e. The molecule has 1 fully saturated rings. The molecule has 2 N–H and O–H groups in total. The van der Waals surface area contributed by atoms with Crippen molar-refractivity contribution in [3.63, 3.8) is 0 Å². The second kappa shape index (κ2) is 6.52. The van der Waals surface area contributed by atoms with E-state index in [9.17, 15) is 14.4 Å². The fourth-order valence-electron chi connectivity index (χ4n) is 2.01. The number of ketones is 1. The van der Waals surface area contributed by atoms with Crippen LogP contribution in [-0.4, -0.2) is 30.2 Å². The van der Waals surface area contributed by atoms with Crippen molar-refractivity contribution in [3.05, 3.63) is 34.9 Å². The summed E-state index contributed by atoms with van der Waals surface area (Å²) in [5.41, 5.74) is 0.542. The highest BCUT2D eigenvalue weighted by Crippen LogP contribution is 2.12. The number of carbonyl (C=O) groups excluding carboxylic acids is 3. The van der Waals surface area contributed by atoms with Crippen molar-refractivity contribution in [1.29, 1.82) is 0 Å². The number of nitrogens with one attached hydrogen (secondary N) is 2. The number of hydrogen-bond acceptors (Lipinski definition) is 3. The van der Waals surface area contributed by atoms with Crippen LogP contribution in [0.2, 0.25) is 5.02 Å². The molecular weight excluding hydrogens is 280 g/mol. The molecule has 1 aliphatic heterocycles. The number of rotatable bonds is 5. The summed E-state index contributed by atoms with van der Waals surface area (Å²) in [5.74, 6) is -0.376. The van der Waals surface area contributed by atoms with Crippen LogP contribution in [0.3, 0.4) is 0 Å². The third kappa shape index (κ3) is 4.06. The summed E-state index contributed by atoms with van der Waals surface area (Å²) in [6.07, 6.45) is 0.560. The minimum Gasteiger partial charge on any atom is -0.354 e. The second-order valence-electron chi connectivity index (χ2n) is 4.70. The van der Waals surface area contributed by atoms with Gasteiger partial charge in [-0.25, -0.2) is 0 Å². The molecule has 0 spiro atoms. The van der Waals surface area contributed by atoms with Crippen LogP contribution in [0.15, 0.2) is 24.3 Å². The highest BCUT2D eigenvalue weighted by Gasteiger charge is 2.22. The quantitative estimate of drug-likeness (QED) is 0.804. The number of amides is 2. The minimum atomic E-state index is -0.214. The van der Waals surface area contributed by atoms with Gasteiger partial charge in [0, 0.05) is 36.4 Å². The molecule has 1 heterocycles. The van der Waals surface area contributed by atoms with Gasteiger partial charge in [0.05, 0.1) is 6.04 Å². The van der Waals surface area contributed by atoms with Crippen molar-refractivity contribution < 1.29 is 14.4 Å². The Morgan fingerprint density at radius 3 is 2.55 bits per heavy atom. The summed E-state index contributed by atoms with van der Waals surface area (Å²) in [6.45, 7) is 0.454. The average Bonchev–Trinajstić information content (AvgIpc) is 2.82. The van der Waals surface area contributed by atoms with E-state index in [0.717, 1.165) is 0 Å². The van der Waals surface area contributed by atoms with Gasteiger partial charge in [-0.1, -0.05) is 11.6 Å². The average molecular weight is 295 g/mol. The Morgan fingerprint density at radius 2 is 1.95 bits per heavy atom. The molecule has 5 nitrogen and oxygen atoms in total. The monoisotopic (exact) mass is 294 g/mol. The summed E-state index contributed by atoms with van der Waals surface area (Å²) in [6, 6.07) is 6.40. The summed E-state index contributed by atoms with van der Waals surface area (Å²) in [4.78, 5) is 34.5. The van der Waals surface area contributed by atoms with E-state index in [-0.39, 0.29) is 36.5 Å². The van der Waals surface area contributed by atoms with Crippen molar-refractivity contribution in [2.75, 3.05) is 6.54 Å². The summed E-state index contributed by atoms with van der Waals surface area (Å²) in [7, 11) is 0. The van der Waals surface area contributed by atoms with Crippen LogP contribution in [0.5, 0.6) is 0 Å². The van der Waals surface area contributed by atoms with Crippen LogP contribution in [-0.2, 0) is 9.59 Å². The molecule has 0 aliphatic carbocycles. The van der Waals surface area contributed by atoms with E-state index in [2.05, 4.69) is 10.6 Å². The third-order valence-corrected chi connectivity index (χ3v) is 3.34. The molecule has 106 valence electrons. The van der Waals surface area contributed by atoms with Crippen molar-refractivity contribution in [1.82, 2.24) is 10.6 Å². The first-order valence-corrected chi connectivity index (χ1v) is 6.77. The topological polar surface area (TPSA) is 75.3 Å². The molecule has 0 unspecified atom stereocenters. The van der Waals surface area contributed by atoms with E-state index < -0.39 is 0 Å². The number of Topliss-reactive ketones (excluding diaryl/α,β-unsaturated/α-hetero) is 1. The highest BCUT2D eigenvalue weighted by molar-refractivity contribution is 6.30. The normalized spacial score (nSPS) is 17.6. The molecule has 2 rings (SSSR count). The molecule has 1 aliphatic rings. The standard InChI is InChI=1S/C14H15ClN2O3/c15-10-3-1-9(2-4-10)12(18)5-6-13(19)17-11-7-14(20)16-8-11/h1-4,11H,5-8H2,(H,16,20)(H,17,19)/t11-/m0/s1. The lowest BCUT2D eigenvalue weighted by Gasteiger charge is -2.09. The van der Waals surface area contributed by atoms with Crippen molar-refractivity contribution in [2.24, 2.45) is 0 Å². The fraction of sp³-hybridized carbons (Fsp3) is 0.357. The van der Waals surface area contributed by atoms with Gasteiger partial charge in [-0.3, -0.25) is 14.4 Å². The smallest absolute Gasteiger partial charge is 0.222 e. The van der Waals surface area contributed by atoms with E-state index in [4.69, 9.17) is 11.6 Å². The molecule has 6 heteroatoms. The second-order valence-corrected chi connectivity index (χ2v) is 5.14. The largest absolute Gasteiger partial charge is 0.354 e. The summed E-state index contributed by atoms with van der Waals surface area (Å²) in [5, 5.41) is 5.93. The summed E-state index contributed by atoms with van der Waals surface area (Å²) < 4.78 is 0. The predicted molar refractivity (Wildman–Crippen MR) is 74.6 cm³/mol. The van der Waals surface area contributed by atoms with Gasteiger partial charge in [0.1, 0.15) is 0 Å². The third-order valence-electron chi connectivity index (χ3n) is 3.09. The number of benzene rings is 1. The van der Waals surface area contributed by atoms with E-state index in [1.165, 1.54) is 0 Å². The van der Waals surface area contributed by atoms with Gasteiger partial charge in [-0.15, -0.1) is 0 Å². The van der Waals surface area contributed by atoms with Crippen LogP contribution in [0.1, 0.15) is 29.6 Å². The molecular formula is C14H15ClN2O3. The lowest BCUT2D eigenvalue weighted by molar-refractivity contribution is -0.121. The van der Waals surface area contributed by atoms with Crippen molar-refractivity contribution in [3.8, 4) is 0 Å².